The molecule has 0 aliphatic heterocycles. The van der Waals surface area contributed by atoms with Gasteiger partial charge in [0.15, 0.2) is 0 Å². The minimum atomic E-state index is -0.765. The molecule has 5 nitrogen and oxygen atoms in total. The van der Waals surface area contributed by atoms with Gasteiger partial charge >= 0.3 is 5.97 Å². The lowest BCUT2D eigenvalue weighted by Crippen LogP contribution is -2.36. The van der Waals surface area contributed by atoms with Gasteiger partial charge in [0, 0.05) is 19.5 Å². The largest absolute Gasteiger partial charge is 0.481 e. The number of unbranched alkanes of at least 4 members (excludes halogenated alkanes) is 2. The number of carboxylic acid groups (broad SMARTS) is 1. The Morgan fingerprint density at radius 3 is 2.39 bits per heavy atom. The molecule has 0 saturated carbocycles. The number of nitrogens with two attached hydrogens (primary N) is 1. The van der Waals surface area contributed by atoms with Gasteiger partial charge in [-0.2, -0.15) is 0 Å². The zero-order valence-electron chi connectivity index (χ0n) is 11.4. The predicted octanol–water partition coefficient (Wildman–Crippen LogP) is 1.37. The first-order valence-corrected chi connectivity index (χ1v) is 6.67. The van der Waals surface area contributed by atoms with E-state index in [0.29, 0.717) is 25.4 Å². The van der Waals surface area contributed by atoms with E-state index in [-0.39, 0.29) is 18.2 Å². The molecule has 1 unspecified atom stereocenters. The fraction of sp³-hybridized carbons (Fsp3) is 0.846. The highest BCUT2D eigenvalue weighted by atomic mass is 16.4. The summed E-state index contributed by atoms with van der Waals surface area (Å²) in [6.07, 6.45) is 3.31. The smallest absolute Gasteiger partial charge is 0.303 e. The topological polar surface area (TPSA) is 92.4 Å². The maximum Gasteiger partial charge on any atom is 0.303 e. The van der Waals surface area contributed by atoms with Crippen LogP contribution in [0.3, 0.4) is 0 Å². The summed E-state index contributed by atoms with van der Waals surface area (Å²) in [5.41, 5.74) is 5.58. The van der Waals surface area contributed by atoms with E-state index < -0.39 is 5.97 Å². The lowest BCUT2D eigenvalue weighted by molar-refractivity contribution is -0.137. The molecule has 0 aromatic carbocycles. The van der Waals surface area contributed by atoms with Crippen LogP contribution in [0.25, 0.3) is 0 Å². The third kappa shape index (κ3) is 8.98. The highest BCUT2D eigenvalue weighted by Crippen LogP contribution is 2.10. The van der Waals surface area contributed by atoms with Crippen LogP contribution in [0, 0.1) is 11.8 Å². The first kappa shape index (κ1) is 16.9. The van der Waals surface area contributed by atoms with Gasteiger partial charge in [0.1, 0.15) is 0 Å². The molecule has 0 aliphatic rings. The molecule has 0 heterocycles. The molecule has 0 spiro atoms. The maximum atomic E-state index is 11.8. The van der Waals surface area contributed by atoms with Crippen LogP contribution >= 0.6 is 0 Å². The first-order valence-electron chi connectivity index (χ1n) is 6.67. The Kier molecular flexibility index (Phi) is 9.28. The quantitative estimate of drug-likeness (QED) is 0.516. The summed E-state index contributed by atoms with van der Waals surface area (Å²) in [7, 11) is 0. The standard InChI is InChI=1S/C13H26N2O3/c1-10(2)8-11(9-14)13(18)15-7-5-3-4-6-12(16)17/h10-11H,3-9,14H2,1-2H3,(H,15,18)(H,16,17). The van der Waals surface area contributed by atoms with E-state index in [4.69, 9.17) is 10.8 Å². The number of hydrogen-bond donors (Lipinski definition) is 3. The average molecular weight is 258 g/mol. The molecule has 4 N–H and O–H groups in total. The number of nitrogens with one attached hydrogen (secondary N) is 1. The van der Waals surface area contributed by atoms with Crippen molar-refractivity contribution in [3.05, 3.63) is 0 Å². The molecule has 0 aromatic heterocycles. The number of amides is 1. The van der Waals surface area contributed by atoms with Crippen molar-refractivity contribution in [2.45, 2.75) is 46.0 Å². The van der Waals surface area contributed by atoms with Crippen molar-refractivity contribution in [2.24, 2.45) is 17.6 Å². The SMILES string of the molecule is CC(C)CC(CN)C(=O)NCCCCCC(=O)O. The molecule has 0 saturated heterocycles. The van der Waals surface area contributed by atoms with Crippen LogP contribution in [-0.4, -0.2) is 30.1 Å². The van der Waals surface area contributed by atoms with Crippen molar-refractivity contribution in [2.75, 3.05) is 13.1 Å². The van der Waals surface area contributed by atoms with Gasteiger partial charge in [-0.05, 0) is 25.2 Å². The minimum Gasteiger partial charge on any atom is -0.481 e. The van der Waals surface area contributed by atoms with Crippen molar-refractivity contribution in [3.63, 3.8) is 0 Å². The number of aliphatic carboxylic acids is 1. The molecule has 0 fully saturated rings. The molecule has 1 amide bonds. The molecule has 0 bridgehead atoms. The van der Waals surface area contributed by atoms with Gasteiger partial charge in [-0.15, -0.1) is 0 Å². The van der Waals surface area contributed by atoms with Gasteiger partial charge in [0.25, 0.3) is 0 Å². The molecular weight excluding hydrogens is 232 g/mol. The highest BCUT2D eigenvalue weighted by Gasteiger charge is 2.17. The second-order valence-electron chi connectivity index (χ2n) is 5.06. The molecule has 0 radical (unpaired) electrons. The van der Waals surface area contributed by atoms with E-state index in [9.17, 15) is 9.59 Å². The van der Waals surface area contributed by atoms with Crippen LogP contribution in [0.1, 0.15) is 46.0 Å². The summed E-state index contributed by atoms with van der Waals surface area (Å²) in [4.78, 5) is 22.1. The number of carbonyl (C=O) groups is 2. The maximum absolute atomic E-state index is 11.8. The van der Waals surface area contributed by atoms with Gasteiger partial charge < -0.3 is 16.2 Å². The summed E-state index contributed by atoms with van der Waals surface area (Å²) < 4.78 is 0. The normalized spacial score (nSPS) is 12.4. The van der Waals surface area contributed by atoms with Crippen LogP contribution in [0.4, 0.5) is 0 Å². The van der Waals surface area contributed by atoms with E-state index in [1.165, 1.54) is 0 Å². The summed E-state index contributed by atoms with van der Waals surface area (Å²) in [6, 6.07) is 0. The van der Waals surface area contributed by atoms with Gasteiger partial charge in [0.2, 0.25) is 5.91 Å². The van der Waals surface area contributed by atoms with Gasteiger partial charge in [0.05, 0.1) is 5.92 Å². The van der Waals surface area contributed by atoms with Gasteiger partial charge in [-0.1, -0.05) is 20.3 Å². The first-order chi connectivity index (χ1) is 8.47. The van der Waals surface area contributed by atoms with Crippen LogP contribution in [0.15, 0.2) is 0 Å². The van der Waals surface area contributed by atoms with Crippen molar-refractivity contribution < 1.29 is 14.7 Å². The van der Waals surface area contributed by atoms with Crippen LogP contribution < -0.4 is 11.1 Å². The number of hydrogen-bond acceptors (Lipinski definition) is 3. The lowest BCUT2D eigenvalue weighted by atomic mass is 9.96. The second kappa shape index (κ2) is 9.88. The average Bonchev–Trinajstić information content (AvgIpc) is 2.29. The molecule has 0 rings (SSSR count). The Morgan fingerprint density at radius 2 is 1.89 bits per heavy atom. The van der Waals surface area contributed by atoms with E-state index in [2.05, 4.69) is 19.2 Å². The monoisotopic (exact) mass is 258 g/mol. The molecule has 1 atom stereocenters. The third-order valence-electron chi connectivity index (χ3n) is 2.78. The Bertz CT molecular complexity index is 255. The lowest BCUT2D eigenvalue weighted by Gasteiger charge is -2.16. The zero-order chi connectivity index (χ0) is 14.0. The zero-order valence-corrected chi connectivity index (χ0v) is 11.4. The van der Waals surface area contributed by atoms with E-state index in [0.717, 1.165) is 19.3 Å². The van der Waals surface area contributed by atoms with Gasteiger partial charge in [-0.3, -0.25) is 9.59 Å². The van der Waals surface area contributed by atoms with Crippen molar-refractivity contribution in [3.8, 4) is 0 Å². The van der Waals surface area contributed by atoms with Crippen molar-refractivity contribution in [1.82, 2.24) is 5.32 Å². The van der Waals surface area contributed by atoms with Crippen LogP contribution in [0.2, 0.25) is 0 Å². The fourth-order valence-corrected chi connectivity index (χ4v) is 1.81. The molecule has 5 heteroatoms. The number of carbonyl (C=O) groups excluding carboxylic acids is 1. The highest BCUT2D eigenvalue weighted by molar-refractivity contribution is 5.78. The Labute approximate surface area is 109 Å². The third-order valence-corrected chi connectivity index (χ3v) is 2.78. The summed E-state index contributed by atoms with van der Waals surface area (Å²) >= 11 is 0. The summed E-state index contributed by atoms with van der Waals surface area (Å²) in [6.45, 7) is 5.12. The molecular formula is C13H26N2O3. The van der Waals surface area contributed by atoms with Crippen molar-refractivity contribution in [1.29, 1.82) is 0 Å². The van der Waals surface area contributed by atoms with Crippen LogP contribution in [0.5, 0.6) is 0 Å². The Morgan fingerprint density at radius 1 is 1.22 bits per heavy atom. The Balaban J connectivity index is 3.65. The summed E-state index contributed by atoms with van der Waals surface area (Å²) in [5.74, 6) is -0.396. The van der Waals surface area contributed by atoms with E-state index >= 15 is 0 Å². The minimum absolute atomic E-state index is 0.0180. The fourth-order valence-electron chi connectivity index (χ4n) is 1.81. The number of carboxylic acids is 1. The second-order valence-corrected chi connectivity index (χ2v) is 5.06. The van der Waals surface area contributed by atoms with Gasteiger partial charge in [-0.25, -0.2) is 0 Å². The summed E-state index contributed by atoms with van der Waals surface area (Å²) in [5, 5.41) is 11.3. The van der Waals surface area contributed by atoms with Crippen molar-refractivity contribution >= 4 is 11.9 Å². The van der Waals surface area contributed by atoms with E-state index in [1.807, 2.05) is 0 Å². The molecule has 0 aliphatic carbocycles. The van der Waals surface area contributed by atoms with E-state index in [1.54, 1.807) is 0 Å². The molecule has 18 heavy (non-hydrogen) atoms. The van der Waals surface area contributed by atoms with Crippen LogP contribution in [-0.2, 0) is 9.59 Å². The Hall–Kier alpha value is -1.10. The molecule has 106 valence electrons. The molecule has 0 aromatic rings. The predicted molar refractivity (Wildman–Crippen MR) is 71.1 cm³/mol. The number of rotatable bonds is 10.